The van der Waals surface area contributed by atoms with E-state index in [0.29, 0.717) is 5.57 Å². The topological polar surface area (TPSA) is 204 Å². The zero-order valence-corrected chi connectivity index (χ0v) is 21.5. The van der Waals surface area contributed by atoms with Crippen LogP contribution in [-0.4, -0.2) is 78.9 Å². The summed E-state index contributed by atoms with van der Waals surface area (Å²) in [5.74, 6) is -4.32. The quantitative estimate of drug-likeness (QED) is 0.0944. The Labute approximate surface area is 221 Å². The molecule has 37 heavy (non-hydrogen) atoms. The van der Waals surface area contributed by atoms with Crippen molar-refractivity contribution in [3.8, 4) is 0 Å². The van der Waals surface area contributed by atoms with Gasteiger partial charge in [-0.1, -0.05) is 5.16 Å². The second kappa shape index (κ2) is 11.1. The Bertz CT molecular complexity index is 1310. The molecule has 2 amide bonds. The molecule has 4 heterocycles. The molecular weight excluding hydrogens is 546 g/mol. The number of nitrogens with one attached hydrogen (secondary N) is 1. The molecule has 2 aliphatic heterocycles. The predicted octanol–water partition coefficient (Wildman–Crippen LogP) is -1.96. The number of nitrogen functional groups attached to an aromatic ring is 1. The highest BCUT2D eigenvalue weighted by Gasteiger charge is 2.53. The monoisotopic (exact) mass is 565 g/mol. The van der Waals surface area contributed by atoms with E-state index in [1.165, 1.54) is 11.8 Å². The van der Waals surface area contributed by atoms with Gasteiger partial charge >= 0.3 is 5.97 Å². The van der Waals surface area contributed by atoms with Crippen molar-refractivity contribution < 1.29 is 38.8 Å². The van der Waals surface area contributed by atoms with Gasteiger partial charge in [-0.3, -0.25) is 14.5 Å². The number of hydrogen-bond donors (Lipinski definition) is 3. The van der Waals surface area contributed by atoms with Crippen LogP contribution >= 0.6 is 35.1 Å². The normalized spacial score (nSPS) is 19.2. The van der Waals surface area contributed by atoms with Crippen LogP contribution < -0.4 is 20.7 Å². The third kappa shape index (κ3) is 5.67. The SMILES string of the molecule is CSc1cc[n+](CC2=C(C(=O)[O-])N3C(=O)C(NC(=O)C(=NOCC(=O)O)c4nsc(N)n4)[C@@H]3SC2)cc1. The highest BCUT2D eigenvalue weighted by atomic mass is 32.2. The summed E-state index contributed by atoms with van der Waals surface area (Å²) in [6, 6.07) is 2.71. The molecule has 2 aliphatic rings. The predicted molar refractivity (Wildman–Crippen MR) is 130 cm³/mol. The molecule has 0 bridgehead atoms. The van der Waals surface area contributed by atoms with E-state index in [0.717, 1.165) is 21.3 Å². The summed E-state index contributed by atoms with van der Waals surface area (Å²) in [5, 5.41) is 26.1. The lowest BCUT2D eigenvalue weighted by molar-refractivity contribution is -0.689. The highest BCUT2D eigenvalue weighted by molar-refractivity contribution is 8.00. The van der Waals surface area contributed by atoms with Crippen LogP contribution in [0, 0.1) is 0 Å². The number of carbonyl (C=O) groups excluding carboxylic acids is 3. The fraction of sp³-hybridized carbons (Fsp3) is 0.300. The second-order valence-electron chi connectivity index (χ2n) is 7.57. The lowest BCUT2D eigenvalue weighted by atomic mass is 10.0. The van der Waals surface area contributed by atoms with Crippen LogP contribution in [0.3, 0.4) is 0 Å². The first-order valence-electron chi connectivity index (χ1n) is 10.4. The number of anilines is 1. The summed E-state index contributed by atoms with van der Waals surface area (Å²) in [6.45, 7) is -0.585. The molecule has 194 valence electrons. The molecule has 1 fully saturated rings. The number of aliphatic carboxylic acids is 2. The molecule has 17 heteroatoms. The third-order valence-electron chi connectivity index (χ3n) is 5.21. The minimum absolute atomic E-state index is 0.0275. The van der Waals surface area contributed by atoms with Gasteiger partial charge in [0, 0.05) is 39.9 Å². The molecule has 0 saturated carbocycles. The first kappa shape index (κ1) is 26.4. The number of oxime groups is 1. The lowest BCUT2D eigenvalue weighted by Gasteiger charge is -2.50. The summed E-state index contributed by atoms with van der Waals surface area (Å²) in [4.78, 5) is 59.2. The van der Waals surface area contributed by atoms with Gasteiger partial charge in [0.2, 0.25) is 18.1 Å². The number of thioether (sulfide) groups is 2. The van der Waals surface area contributed by atoms with Crippen LogP contribution in [0.15, 0.2) is 45.8 Å². The molecule has 1 saturated heterocycles. The Morgan fingerprint density at radius 3 is 2.73 bits per heavy atom. The van der Waals surface area contributed by atoms with Gasteiger partial charge in [-0.15, -0.1) is 23.5 Å². The van der Waals surface area contributed by atoms with E-state index in [4.69, 9.17) is 10.8 Å². The highest BCUT2D eigenvalue weighted by Crippen LogP contribution is 2.40. The Morgan fingerprint density at radius 1 is 1.41 bits per heavy atom. The van der Waals surface area contributed by atoms with Crippen LogP contribution in [0.1, 0.15) is 5.82 Å². The molecule has 2 aromatic heterocycles. The van der Waals surface area contributed by atoms with E-state index in [1.807, 2.05) is 30.8 Å². The van der Waals surface area contributed by atoms with E-state index in [1.54, 1.807) is 16.3 Å². The third-order valence-corrected chi connectivity index (χ3v) is 7.84. The van der Waals surface area contributed by atoms with Crippen LogP contribution in [-0.2, 0) is 30.6 Å². The summed E-state index contributed by atoms with van der Waals surface area (Å²) in [7, 11) is 0. The van der Waals surface area contributed by atoms with Gasteiger partial charge in [-0.05, 0) is 6.26 Å². The molecule has 2 aromatic rings. The van der Waals surface area contributed by atoms with Crippen LogP contribution in [0.4, 0.5) is 5.13 Å². The molecule has 1 unspecified atom stereocenters. The van der Waals surface area contributed by atoms with Crippen molar-refractivity contribution in [1.29, 1.82) is 0 Å². The maximum absolute atomic E-state index is 13.0. The average molecular weight is 566 g/mol. The Balaban J connectivity index is 1.51. The first-order valence-corrected chi connectivity index (χ1v) is 13.5. The van der Waals surface area contributed by atoms with Gasteiger partial charge < -0.3 is 30.9 Å². The minimum atomic E-state index is -1.49. The standard InChI is InChI=1S/C20H19N7O7S3/c1-35-10-2-4-26(5-3-10)6-9-8-36-18-13(17(31)27(18)14(9)19(32)33)22-16(30)12(24-34-7-11(28)29)15-23-20(21)37-25-15/h2-5,13,18H,6-8H2,1H3,(H4-,21,22,23,25,28,29,30,32,33)/t13?,18-/m0/s1. The van der Waals surface area contributed by atoms with E-state index in [9.17, 15) is 24.3 Å². The van der Waals surface area contributed by atoms with Gasteiger partial charge in [0.25, 0.3) is 11.8 Å². The minimum Gasteiger partial charge on any atom is -0.543 e. The Kier molecular flexibility index (Phi) is 7.94. The number of pyridine rings is 1. The molecular formula is C20H19N7O7S3. The van der Waals surface area contributed by atoms with E-state index in [-0.39, 0.29) is 29.0 Å². The van der Waals surface area contributed by atoms with Crippen LogP contribution in [0.5, 0.6) is 0 Å². The van der Waals surface area contributed by atoms with Crippen molar-refractivity contribution in [3.05, 3.63) is 41.6 Å². The smallest absolute Gasteiger partial charge is 0.344 e. The van der Waals surface area contributed by atoms with Gasteiger partial charge in [0.05, 0.1) is 11.7 Å². The fourth-order valence-corrected chi connectivity index (χ4v) is 5.74. The van der Waals surface area contributed by atoms with E-state index < -0.39 is 47.5 Å². The van der Waals surface area contributed by atoms with Gasteiger partial charge in [0.1, 0.15) is 11.4 Å². The molecule has 0 aliphatic carbocycles. The molecule has 2 atom stereocenters. The van der Waals surface area contributed by atoms with Crippen molar-refractivity contribution in [2.45, 2.75) is 22.9 Å². The average Bonchev–Trinajstić information content (AvgIpc) is 3.30. The molecule has 4 N–H and O–H groups in total. The van der Waals surface area contributed by atoms with Crippen LogP contribution in [0.2, 0.25) is 0 Å². The van der Waals surface area contributed by atoms with E-state index >= 15 is 0 Å². The number of rotatable bonds is 10. The molecule has 14 nitrogen and oxygen atoms in total. The fourth-order valence-electron chi connectivity index (χ4n) is 3.58. The number of carboxylic acids is 2. The number of hydrogen-bond acceptors (Lipinski definition) is 13. The summed E-state index contributed by atoms with van der Waals surface area (Å²) in [6.07, 6.45) is 5.58. The summed E-state index contributed by atoms with van der Waals surface area (Å²) < 4.78 is 5.67. The van der Waals surface area contributed by atoms with Crippen molar-refractivity contribution in [2.75, 3.05) is 24.3 Å². The Morgan fingerprint density at radius 2 is 2.14 bits per heavy atom. The number of amides is 2. The zero-order chi connectivity index (χ0) is 26.7. The summed E-state index contributed by atoms with van der Waals surface area (Å²) >= 11 is 3.63. The number of aromatic nitrogens is 3. The summed E-state index contributed by atoms with van der Waals surface area (Å²) in [5.41, 5.74) is 5.34. The van der Waals surface area contributed by atoms with Gasteiger partial charge in [-0.25, -0.2) is 9.36 Å². The molecule has 0 radical (unpaired) electrons. The molecule has 0 spiro atoms. The largest absolute Gasteiger partial charge is 0.543 e. The van der Waals surface area contributed by atoms with E-state index in [2.05, 4.69) is 24.7 Å². The van der Waals surface area contributed by atoms with Crippen molar-refractivity contribution in [2.24, 2.45) is 5.16 Å². The number of nitrogens with two attached hydrogens (primary N) is 1. The first-order chi connectivity index (χ1) is 17.7. The number of carbonyl (C=O) groups is 4. The Hall–Kier alpha value is -3.70. The van der Waals surface area contributed by atoms with Crippen LogP contribution in [0.25, 0.3) is 0 Å². The lowest BCUT2D eigenvalue weighted by Crippen LogP contribution is -2.71. The van der Waals surface area contributed by atoms with Crippen molar-refractivity contribution in [1.82, 2.24) is 19.6 Å². The maximum atomic E-state index is 13.0. The second-order valence-corrected chi connectivity index (χ2v) is 10.3. The van der Waals surface area contributed by atoms with Gasteiger partial charge in [0.15, 0.2) is 24.1 Å². The molecule has 0 aromatic carbocycles. The molecule has 4 rings (SSSR count). The zero-order valence-electron chi connectivity index (χ0n) is 19.0. The van der Waals surface area contributed by atoms with Crippen molar-refractivity contribution >= 4 is 69.7 Å². The van der Waals surface area contributed by atoms with Crippen molar-refractivity contribution in [3.63, 3.8) is 0 Å². The number of β-lactam (4-membered cyclic amide) rings is 1. The maximum Gasteiger partial charge on any atom is 0.344 e. The van der Waals surface area contributed by atoms with Gasteiger partial charge in [-0.2, -0.15) is 9.36 Å². The number of fused-ring (bicyclic) bond motifs is 1. The number of carboxylic acid groups (broad SMARTS) is 2. The number of nitrogens with zero attached hydrogens (tertiary/aromatic N) is 5.